The summed E-state index contributed by atoms with van der Waals surface area (Å²) < 4.78 is 5.20. The highest BCUT2D eigenvalue weighted by molar-refractivity contribution is 7.80. The number of anilines is 1. The van der Waals surface area contributed by atoms with Gasteiger partial charge in [0, 0.05) is 17.1 Å². The van der Waals surface area contributed by atoms with Gasteiger partial charge in [-0.05, 0) is 54.9 Å². The molecule has 1 heterocycles. The van der Waals surface area contributed by atoms with Crippen molar-refractivity contribution in [2.45, 2.75) is 13.5 Å². The van der Waals surface area contributed by atoms with E-state index >= 15 is 0 Å². The topological polar surface area (TPSA) is 24.5 Å². The third kappa shape index (κ3) is 3.71. The van der Waals surface area contributed by atoms with Crippen LogP contribution in [0.3, 0.4) is 0 Å². The van der Waals surface area contributed by atoms with Crippen molar-refractivity contribution in [2.75, 3.05) is 18.6 Å². The van der Waals surface area contributed by atoms with Crippen LogP contribution in [0, 0.1) is 0 Å². The lowest BCUT2D eigenvalue weighted by Gasteiger charge is -2.25. The Labute approximate surface area is 129 Å². The molecule has 0 amide bonds. The fourth-order valence-corrected chi connectivity index (χ4v) is 2.85. The first-order chi connectivity index (χ1) is 9.74. The molecule has 1 N–H and O–H groups in total. The molecule has 1 aromatic carbocycles. The van der Waals surface area contributed by atoms with Crippen LogP contribution in [0.4, 0.5) is 5.69 Å². The summed E-state index contributed by atoms with van der Waals surface area (Å²) in [4.78, 5) is 3.38. The number of rotatable bonds is 5. The minimum Gasteiger partial charge on any atom is -0.497 e. The molecule has 3 nitrogen and oxygen atoms in total. The summed E-state index contributed by atoms with van der Waals surface area (Å²) >= 11 is 7.21. The summed E-state index contributed by atoms with van der Waals surface area (Å²) in [7, 11) is 1.67. The number of thiocarbonyl (C=S) groups is 1. The van der Waals surface area contributed by atoms with E-state index in [0.717, 1.165) is 29.6 Å². The van der Waals surface area contributed by atoms with Crippen molar-refractivity contribution in [3.8, 4) is 5.75 Å². The average molecular weight is 306 g/mol. The number of nitrogens with zero attached hydrogens (tertiary/aromatic N) is 1. The van der Waals surface area contributed by atoms with Crippen molar-refractivity contribution >= 4 is 34.4 Å². The van der Waals surface area contributed by atoms with Gasteiger partial charge in [-0.3, -0.25) is 0 Å². The van der Waals surface area contributed by atoms with Crippen LogP contribution in [-0.2, 0) is 6.54 Å². The standard InChI is InChI=1S/C15H18N2OS2/c1-3-16-15(19)17(11-14-5-4-10-20-14)12-6-8-13(18-2)9-7-12/h4-10H,3,11H2,1-2H3,(H,16,19). The van der Waals surface area contributed by atoms with E-state index in [4.69, 9.17) is 17.0 Å². The summed E-state index contributed by atoms with van der Waals surface area (Å²) in [6, 6.07) is 12.1. The predicted molar refractivity (Wildman–Crippen MR) is 89.8 cm³/mol. The summed E-state index contributed by atoms with van der Waals surface area (Å²) in [6.07, 6.45) is 0. The molecule has 106 valence electrons. The molecule has 2 rings (SSSR count). The summed E-state index contributed by atoms with van der Waals surface area (Å²) in [5, 5.41) is 6.04. The number of benzene rings is 1. The number of hydrogen-bond acceptors (Lipinski definition) is 3. The zero-order chi connectivity index (χ0) is 14.4. The molecule has 0 saturated carbocycles. The van der Waals surface area contributed by atoms with E-state index in [1.165, 1.54) is 4.88 Å². The SMILES string of the molecule is CCNC(=S)N(Cc1cccs1)c1ccc(OC)cc1. The van der Waals surface area contributed by atoms with Crippen molar-refractivity contribution in [3.05, 3.63) is 46.7 Å². The molecule has 5 heteroatoms. The third-order valence-corrected chi connectivity index (χ3v) is 4.08. The Morgan fingerprint density at radius 3 is 2.60 bits per heavy atom. The van der Waals surface area contributed by atoms with Gasteiger partial charge in [0.1, 0.15) is 5.75 Å². The molecule has 20 heavy (non-hydrogen) atoms. The zero-order valence-corrected chi connectivity index (χ0v) is 13.3. The second-order valence-electron chi connectivity index (χ2n) is 4.20. The number of ether oxygens (including phenoxy) is 1. The van der Waals surface area contributed by atoms with Crippen LogP contribution in [0.2, 0.25) is 0 Å². The normalized spacial score (nSPS) is 10.1. The van der Waals surface area contributed by atoms with E-state index in [0.29, 0.717) is 0 Å². The molecule has 0 aliphatic rings. The van der Waals surface area contributed by atoms with E-state index < -0.39 is 0 Å². The highest BCUT2D eigenvalue weighted by Gasteiger charge is 2.13. The van der Waals surface area contributed by atoms with Gasteiger partial charge in [0.2, 0.25) is 0 Å². The van der Waals surface area contributed by atoms with Crippen LogP contribution in [0.15, 0.2) is 41.8 Å². The van der Waals surface area contributed by atoms with Gasteiger partial charge >= 0.3 is 0 Å². The van der Waals surface area contributed by atoms with Crippen LogP contribution in [-0.4, -0.2) is 18.8 Å². The molecule has 0 radical (unpaired) electrons. The molecular formula is C15H18N2OS2. The first kappa shape index (κ1) is 14.8. The molecule has 0 spiro atoms. The fourth-order valence-electron chi connectivity index (χ4n) is 1.85. The van der Waals surface area contributed by atoms with Crippen LogP contribution in [0.1, 0.15) is 11.8 Å². The van der Waals surface area contributed by atoms with Gasteiger partial charge in [-0.15, -0.1) is 11.3 Å². The maximum atomic E-state index is 5.48. The molecule has 2 aromatic rings. The van der Waals surface area contributed by atoms with Crippen LogP contribution in [0.25, 0.3) is 0 Å². The van der Waals surface area contributed by atoms with Gasteiger partial charge in [0.25, 0.3) is 0 Å². The van der Waals surface area contributed by atoms with E-state index in [-0.39, 0.29) is 0 Å². The van der Waals surface area contributed by atoms with Crippen molar-refractivity contribution in [1.82, 2.24) is 5.32 Å². The van der Waals surface area contributed by atoms with Crippen LogP contribution >= 0.6 is 23.6 Å². The Hall–Kier alpha value is -1.59. The summed E-state index contributed by atoms with van der Waals surface area (Å²) in [5.74, 6) is 0.846. The largest absolute Gasteiger partial charge is 0.497 e. The Morgan fingerprint density at radius 1 is 1.30 bits per heavy atom. The van der Waals surface area contributed by atoms with Crippen molar-refractivity contribution in [1.29, 1.82) is 0 Å². The lowest BCUT2D eigenvalue weighted by Crippen LogP contribution is -2.39. The molecule has 0 fully saturated rings. The van der Waals surface area contributed by atoms with E-state index in [1.807, 2.05) is 31.2 Å². The van der Waals surface area contributed by atoms with E-state index in [2.05, 4.69) is 27.7 Å². The lowest BCUT2D eigenvalue weighted by molar-refractivity contribution is 0.415. The Kier molecular flexibility index (Phi) is 5.38. The van der Waals surface area contributed by atoms with E-state index in [1.54, 1.807) is 18.4 Å². The monoisotopic (exact) mass is 306 g/mol. The smallest absolute Gasteiger partial charge is 0.173 e. The predicted octanol–water partition coefficient (Wildman–Crippen LogP) is 3.66. The average Bonchev–Trinajstić information content (AvgIpc) is 2.98. The van der Waals surface area contributed by atoms with Gasteiger partial charge < -0.3 is 15.0 Å². The zero-order valence-electron chi connectivity index (χ0n) is 11.6. The Bertz CT molecular complexity index is 538. The fraction of sp³-hybridized carbons (Fsp3) is 0.267. The van der Waals surface area contributed by atoms with Crippen molar-refractivity contribution < 1.29 is 4.74 Å². The van der Waals surface area contributed by atoms with Gasteiger partial charge in [0.05, 0.1) is 13.7 Å². The van der Waals surface area contributed by atoms with Gasteiger partial charge in [-0.1, -0.05) is 6.07 Å². The maximum Gasteiger partial charge on any atom is 0.173 e. The lowest BCUT2D eigenvalue weighted by atomic mass is 10.2. The third-order valence-electron chi connectivity index (χ3n) is 2.85. The molecule has 0 saturated heterocycles. The van der Waals surface area contributed by atoms with Crippen molar-refractivity contribution in [2.24, 2.45) is 0 Å². The second-order valence-corrected chi connectivity index (χ2v) is 5.62. The van der Waals surface area contributed by atoms with Crippen LogP contribution in [0.5, 0.6) is 5.75 Å². The second kappa shape index (κ2) is 7.26. The van der Waals surface area contributed by atoms with Gasteiger partial charge in [-0.25, -0.2) is 0 Å². The van der Waals surface area contributed by atoms with Gasteiger partial charge in [0.15, 0.2) is 5.11 Å². The quantitative estimate of drug-likeness (QED) is 0.852. The summed E-state index contributed by atoms with van der Waals surface area (Å²) in [6.45, 7) is 3.63. The molecule has 0 aliphatic carbocycles. The molecule has 1 aromatic heterocycles. The Morgan fingerprint density at radius 2 is 2.05 bits per heavy atom. The highest BCUT2D eigenvalue weighted by atomic mass is 32.1. The molecule has 0 aliphatic heterocycles. The molecule has 0 bridgehead atoms. The number of hydrogen-bond donors (Lipinski definition) is 1. The minimum atomic E-state index is 0.742. The number of thiophene rings is 1. The summed E-state index contributed by atoms with van der Waals surface area (Å²) in [5.41, 5.74) is 1.06. The first-order valence-corrected chi connectivity index (χ1v) is 7.75. The molecule has 0 unspecified atom stereocenters. The number of methoxy groups -OCH3 is 1. The van der Waals surface area contributed by atoms with Crippen LogP contribution < -0.4 is 15.0 Å². The van der Waals surface area contributed by atoms with Gasteiger partial charge in [-0.2, -0.15) is 0 Å². The number of nitrogens with one attached hydrogen (secondary N) is 1. The Balaban J connectivity index is 2.22. The highest BCUT2D eigenvalue weighted by Crippen LogP contribution is 2.22. The first-order valence-electron chi connectivity index (χ1n) is 6.46. The van der Waals surface area contributed by atoms with Crippen molar-refractivity contribution in [3.63, 3.8) is 0 Å². The maximum absolute atomic E-state index is 5.48. The minimum absolute atomic E-state index is 0.742. The molecular weight excluding hydrogens is 288 g/mol. The molecule has 0 atom stereocenters. The van der Waals surface area contributed by atoms with E-state index in [9.17, 15) is 0 Å².